The number of nitrogens with zero attached hydrogens (tertiary/aromatic N) is 6. The molecule has 3 aromatic heterocycles. The highest BCUT2D eigenvalue weighted by molar-refractivity contribution is 7.89. The number of aromatic nitrogens is 7. The van der Waals surface area contributed by atoms with Crippen molar-refractivity contribution in [1.29, 1.82) is 0 Å². The van der Waals surface area contributed by atoms with Gasteiger partial charge in [0.25, 0.3) is 0 Å². The summed E-state index contributed by atoms with van der Waals surface area (Å²) < 4.78 is 66.3. The van der Waals surface area contributed by atoms with Crippen LogP contribution in [0.5, 0.6) is 0 Å². The molecule has 0 fully saturated rings. The van der Waals surface area contributed by atoms with Gasteiger partial charge in [-0.25, -0.2) is 23.1 Å². The highest BCUT2D eigenvalue weighted by atomic mass is 32.2. The van der Waals surface area contributed by atoms with Crippen molar-refractivity contribution in [3.05, 3.63) is 42.4 Å². The monoisotopic (exact) mass is 410 g/mol. The van der Waals surface area contributed by atoms with Gasteiger partial charge in [0.05, 0.1) is 11.1 Å². The number of sulfonamides is 1. The fourth-order valence-electron chi connectivity index (χ4n) is 2.87. The first-order valence-electron chi connectivity index (χ1n) is 7.47. The van der Waals surface area contributed by atoms with E-state index in [2.05, 4.69) is 30.7 Å². The van der Waals surface area contributed by atoms with Crippen molar-refractivity contribution in [2.24, 2.45) is 5.14 Å². The number of primary sulfonamides is 1. The lowest BCUT2D eigenvalue weighted by Crippen LogP contribution is -2.21. The summed E-state index contributed by atoms with van der Waals surface area (Å²) in [5.41, 5.74) is -1.23. The Kier molecular flexibility index (Phi) is 3.90. The maximum Gasteiger partial charge on any atom is 0.417 e. The van der Waals surface area contributed by atoms with Gasteiger partial charge in [0.2, 0.25) is 15.8 Å². The lowest BCUT2D eigenvalue weighted by molar-refractivity contribution is -0.139. The summed E-state index contributed by atoms with van der Waals surface area (Å²) in [5, 5.41) is 21.8. The van der Waals surface area contributed by atoms with E-state index in [-0.39, 0.29) is 17.0 Å². The fourth-order valence-corrected chi connectivity index (χ4v) is 3.85. The average molecular weight is 410 g/mol. The Morgan fingerprint density at radius 3 is 2.57 bits per heavy atom. The molecule has 4 aromatic rings. The van der Waals surface area contributed by atoms with Crippen molar-refractivity contribution < 1.29 is 21.6 Å². The third-order valence-electron chi connectivity index (χ3n) is 3.91. The van der Waals surface area contributed by atoms with Crippen LogP contribution in [0.4, 0.5) is 13.2 Å². The number of halogens is 3. The number of H-pyrrole nitrogens is 1. The van der Waals surface area contributed by atoms with Gasteiger partial charge in [0.1, 0.15) is 11.2 Å². The van der Waals surface area contributed by atoms with Gasteiger partial charge in [-0.15, -0.1) is 10.2 Å². The van der Waals surface area contributed by atoms with Crippen LogP contribution in [0, 0.1) is 0 Å². The van der Waals surface area contributed by atoms with Crippen LogP contribution in [-0.4, -0.2) is 43.6 Å². The molecular formula is C14H9F3N8O2S. The van der Waals surface area contributed by atoms with Gasteiger partial charge in [-0.3, -0.25) is 0 Å². The molecule has 0 aliphatic carbocycles. The number of aromatic amines is 1. The van der Waals surface area contributed by atoms with Crippen LogP contribution in [0.2, 0.25) is 0 Å². The summed E-state index contributed by atoms with van der Waals surface area (Å²) in [5.74, 6) is -0.369. The molecule has 0 amide bonds. The van der Waals surface area contributed by atoms with Crippen LogP contribution in [0.3, 0.4) is 0 Å². The molecule has 10 nitrogen and oxygen atoms in total. The molecule has 4 rings (SSSR count). The number of pyridine rings is 1. The predicted molar refractivity (Wildman–Crippen MR) is 88.0 cm³/mol. The van der Waals surface area contributed by atoms with Gasteiger partial charge < -0.3 is 0 Å². The minimum Gasteiger partial charge on any atom is -0.225 e. The van der Waals surface area contributed by atoms with Crippen molar-refractivity contribution in [2.75, 3.05) is 0 Å². The van der Waals surface area contributed by atoms with Gasteiger partial charge in [-0.05, 0) is 29.0 Å². The topological polar surface area (TPSA) is 145 Å². The quantitative estimate of drug-likeness (QED) is 0.517. The summed E-state index contributed by atoms with van der Waals surface area (Å²) in [6.07, 6.45) is -2.16. The number of tetrazole rings is 1. The Bertz CT molecular complexity index is 1280. The van der Waals surface area contributed by atoms with Gasteiger partial charge in [-0.1, -0.05) is 6.07 Å². The average Bonchev–Trinajstić information content (AvgIpc) is 3.30. The van der Waals surface area contributed by atoms with Crippen LogP contribution in [0.25, 0.3) is 28.2 Å². The fraction of sp³-hybridized carbons (Fsp3) is 0.0714. The first-order valence-corrected chi connectivity index (χ1v) is 9.02. The second kappa shape index (κ2) is 6.07. The Labute approximate surface area is 154 Å². The molecule has 0 spiro atoms. The van der Waals surface area contributed by atoms with E-state index in [1.807, 2.05) is 0 Å². The molecule has 3 heterocycles. The van der Waals surface area contributed by atoms with Crippen LogP contribution in [0.15, 0.2) is 41.7 Å². The molecule has 0 atom stereocenters. The van der Waals surface area contributed by atoms with Crippen LogP contribution in [0.1, 0.15) is 5.56 Å². The largest absolute Gasteiger partial charge is 0.417 e. The molecule has 0 saturated carbocycles. The maximum atomic E-state index is 13.5. The Morgan fingerprint density at radius 2 is 1.93 bits per heavy atom. The van der Waals surface area contributed by atoms with Crippen molar-refractivity contribution >= 4 is 15.7 Å². The number of alkyl halides is 3. The van der Waals surface area contributed by atoms with Crippen molar-refractivity contribution in [3.63, 3.8) is 0 Å². The van der Waals surface area contributed by atoms with E-state index in [1.54, 1.807) is 18.3 Å². The summed E-state index contributed by atoms with van der Waals surface area (Å²) in [4.78, 5) is 2.91. The van der Waals surface area contributed by atoms with Gasteiger partial charge in [-0.2, -0.15) is 23.5 Å². The zero-order chi connectivity index (χ0) is 20.1. The van der Waals surface area contributed by atoms with Gasteiger partial charge >= 0.3 is 6.18 Å². The smallest absolute Gasteiger partial charge is 0.225 e. The van der Waals surface area contributed by atoms with E-state index in [1.165, 1.54) is 10.8 Å². The number of nitrogens with one attached hydrogen (secondary N) is 1. The summed E-state index contributed by atoms with van der Waals surface area (Å²) >= 11 is 0. The Hall–Kier alpha value is -3.39. The van der Waals surface area contributed by atoms with Crippen molar-refractivity contribution in [3.8, 4) is 22.5 Å². The normalized spacial score (nSPS) is 12.6. The van der Waals surface area contributed by atoms with Crippen LogP contribution >= 0.6 is 0 Å². The standard InChI is InChI=1S/C14H9F3N8O2S/c15-14(16,17)9-4-3-7(8-2-1-5-25-13(8)19-6-20-25)10(11(9)28(18,26)27)12-21-23-24-22-12/h1-6H,(H2,18,26,27)(H,21,22,23,24). The first kappa shape index (κ1) is 18.0. The maximum absolute atomic E-state index is 13.5. The SMILES string of the molecule is NS(=O)(=O)c1c(C(F)(F)F)ccc(-c2cccn3ncnc23)c1-c1nn[nH]n1. The number of hydrogen-bond acceptors (Lipinski definition) is 7. The van der Waals surface area contributed by atoms with E-state index < -0.39 is 32.2 Å². The predicted octanol–water partition coefficient (Wildman–Crippen LogP) is 1.24. The van der Waals surface area contributed by atoms with E-state index in [0.29, 0.717) is 11.6 Å². The van der Waals surface area contributed by atoms with Crippen LogP contribution in [-0.2, 0) is 16.2 Å². The molecule has 1 aromatic carbocycles. The molecule has 144 valence electrons. The minimum atomic E-state index is -4.99. The third-order valence-corrected chi connectivity index (χ3v) is 4.90. The van der Waals surface area contributed by atoms with Crippen molar-refractivity contribution in [2.45, 2.75) is 11.1 Å². The lowest BCUT2D eigenvalue weighted by Gasteiger charge is -2.17. The van der Waals surface area contributed by atoms with Crippen molar-refractivity contribution in [1.82, 2.24) is 35.2 Å². The highest BCUT2D eigenvalue weighted by Crippen LogP contribution is 2.43. The van der Waals surface area contributed by atoms with E-state index in [9.17, 15) is 21.6 Å². The first-order chi connectivity index (χ1) is 13.2. The van der Waals surface area contributed by atoms with E-state index >= 15 is 0 Å². The molecule has 0 aliphatic rings. The Balaban J connectivity index is 2.19. The second-order valence-corrected chi connectivity index (χ2v) is 7.09. The number of nitrogens with two attached hydrogens (primary N) is 1. The number of fused-ring (bicyclic) bond motifs is 1. The zero-order valence-corrected chi connectivity index (χ0v) is 14.4. The Morgan fingerprint density at radius 1 is 1.14 bits per heavy atom. The molecule has 0 bridgehead atoms. The molecule has 0 aliphatic heterocycles. The second-order valence-electron chi connectivity index (χ2n) is 5.59. The lowest BCUT2D eigenvalue weighted by atomic mass is 9.97. The number of rotatable bonds is 3. The summed E-state index contributed by atoms with van der Waals surface area (Å²) in [6.45, 7) is 0. The minimum absolute atomic E-state index is 0.0667. The summed E-state index contributed by atoms with van der Waals surface area (Å²) in [7, 11) is -4.83. The number of hydrogen-bond donors (Lipinski definition) is 2. The molecule has 3 N–H and O–H groups in total. The third kappa shape index (κ3) is 2.87. The van der Waals surface area contributed by atoms with E-state index in [4.69, 9.17) is 5.14 Å². The summed E-state index contributed by atoms with van der Waals surface area (Å²) in [6, 6.07) is 4.86. The molecule has 28 heavy (non-hydrogen) atoms. The molecule has 14 heteroatoms. The van der Waals surface area contributed by atoms with Crippen LogP contribution < -0.4 is 5.14 Å². The van der Waals surface area contributed by atoms with E-state index in [0.717, 1.165) is 6.07 Å². The van der Waals surface area contributed by atoms with Gasteiger partial charge in [0.15, 0.2) is 5.65 Å². The molecule has 0 radical (unpaired) electrons. The molecular weight excluding hydrogens is 401 g/mol. The number of benzene rings is 1. The zero-order valence-electron chi connectivity index (χ0n) is 13.6. The highest BCUT2D eigenvalue weighted by Gasteiger charge is 2.40. The molecule has 0 unspecified atom stereocenters. The molecule has 0 saturated heterocycles. The van der Waals surface area contributed by atoms with Gasteiger partial charge in [0, 0.05) is 11.8 Å².